The third-order valence-electron chi connectivity index (χ3n) is 2.09. The number of hydrogen-bond donors (Lipinski definition) is 1. The van der Waals surface area contributed by atoms with E-state index in [9.17, 15) is 0 Å². The van der Waals surface area contributed by atoms with Crippen LogP contribution in [0.3, 0.4) is 0 Å². The lowest BCUT2D eigenvalue weighted by molar-refractivity contribution is 0.985. The molecular formula is C9H7N5. The molecule has 3 rings (SSSR count). The number of aliphatic imine (C=N–C) groups is 1. The Bertz CT molecular complexity index is 460. The second-order valence-electron chi connectivity index (χ2n) is 2.92. The Morgan fingerprint density at radius 3 is 3.36 bits per heavy atom. The van der Waals surface area contributed by atoms with Crippen molar-refractivity contribution in [2.45, 2.75) is 0 Å². The number of nitrogens with zero attached hydrogens (tertiary/aromatic N) is 4. The number of rotatable bonds is 0. The topological polar surface area (TPSA) is 53.4 Å². The van der Waals surface area contributed by atoms with Crippen LogP contribution in [0.15, 0.2) is 41.6 Å². The molecule has 0 atom stereocenters. The minimum atomic E-state index is 0.649. The van der Waals surface area contributed by atoms with Crippen LogP contribution in [0.5, 0.6) is 0 Å². The van der Waals surface area contributed by atoms with Crippen LogP contribution in [0.1, 0.15) is 0 Å². The second kappa shape index (κ2) is 2.66. The molecule has 3 heterocycles. The normalized spacial score (nSPS) is 16.9. The molecule has 1 aromatic rings. The Morgan fingerprint density at radius 2 is 2.36 bits per heavy atom. The minimum absolute atomic E-state index is 0.649. The molecule has 0 spiro atoms. The number of allylic oxidation sites excluding steroid dienone is 1. The molecule has 0 aromatic carbocycles. The van der Waals surface area contributed by atoms with Gasteiger partial charge in [0.1, 0.15) is 0 Å². The lowest BCUT2D eigenvalue weighted by Gasteiger charge is -2.26. The molecule has 5 nitrogen and oxygen atoms in total. The zero-order chi connectivity index (χ0) is 9.38. The fourth-order valence-electron chi connectivity index (χ4n) is 1.45. The highest BCUT2D eigenvalue weighted by Crippen LogP contribution is 2.31. The Kier molecular flexibility index (Phi) is 1.38. The van der Waals surface area contributed by atoms with Gasteiger partial charge in [-0.25, -0.2) is 4.99 Å². The van der Waals surface area contributed by atoms with E-state index in [4.69, 9.17) is 0 Å². The van der Waals surface area contributed by atoms with Gasteiger partial charge in [-0.1, -0.05) is 0 Å². The summed E-state index contributed by atoms with van der Waals surface area (Å²) in [6.07, 6.45) is 9.08. The summed E-state index contributed by atoms with van der Waals surface area (Å²) < 4.78 is 0. The summed E-state index contributed by atoms with van der Waals surface area (Å²) in [7, 11) is 0. The van der Waals surface area contributed by atoms with Crippen LogP contribution < -0.4 is 10.2 Å². The van der Waals surface area contributed by atoms with E-state index in [1.807, 2.05) is 29.6 Å². The Morgan fingerprint density at radius 1 is 1.36 bits per heavy atom. The first kappa shape index (κ1) is 7.25. The predicted molar refractivity (Wildman–Crippen MR) is 53.0 cm³/mol. The molecule has 5 heteroatoms. The highest BCUT2D eigenvalue weighted by Gasteiger charge is 2.18. The third kappa shape index (κ3) is 0.922. The molecule has 2 aliphatic rings. The van der Waals surface area contributed by atoms with Gasteiger partial charge < -0.3 is 10.2 Å². The fraction of sp³-hybridized carbons (Fsp3) is 0. The average Bonchev–Trinajstić information content (AvgIpc) is 2.29. The van der Waals surface area contributed by atoms with E-state index in [0.29, 0.717) is 5.82 Å². The van der Waals surface area contributed by atoms with Crippen molar-refractivity contribution in [1.82, 2.24) is 15.5 Å². The molecule has 0 bridgehead atoms. The standard InChI is InChI=1S/C9H7N5/c1-2-12-13-9-8(1)14-4-3-10-5-7(14)6-11-9/h1-6,10H. The van der Waals surface area contributed by atoms with Crippen molar-refractivity contribution >= 4 is 17.7 Å². The van der Waals surface area contributed by atoms with E-state index >= 15 is 0 Å². The number of aromatic nitrogens is 2. The SMILES string of the molecule is C1=CN2C(=CN1)C=Nc1nnccc12. The smallest absolute Gasteiger partial charge is 0.198 e. The molecule has 14 heavy (non-hydrogen) atoms. The Labute approximate surface area is 80.5 Å². The lowest BCUT2D eigenvalue weighted by atomic mass is 10.3. The van der Waals surface area contributed by atoms with Crippen LogP contribution in [0.4, 0.5) is 11.5 Å². The molecular weight excluding hydrogens is 178 g/mol. The van der Waals surface area contributed by atoms with Gasteiger partial charge in [0, 0.05) is 18.6 Å². The van der Waals surface area contributed by atoms with Crippen molar-refractivity contribution in [1.29, 1.82) is 0 Å². The average molecular weight is 185 g/mol. The van der Waals surface area contributed by atoms with E-state index in [2.05, 4.69) is 20.5 Å². The predicted octanol–water partition coefficient (Wildman–Crippen LogP) is 0.915. The summed E-state index contributed by atoms with van der Waals surface area (Å²) in [5.41, 5.74) is 1.94. The molecule has 0 aliphatic carbocycles. The molecule has 0 amide bonds. The van der Waals surface area contributed by atoms with Gasteiger partial charge in [-0.15, -0.1) is 5.10 Å². The van der Waals surface area contributed by atoms with Gasteiger partial charge in [0.25, 0.3) is 0 Å². The first-order valence-corrected chi connectivity index (χ1v) is 4.23. The maximum atomic E-state index is 4.19. The lowest BCUT2D eigenvalue weighted by Crippen LogP contribution is -2.25. The molecule has 0 saturated heterocycles. The maximum Gasteiger partial charge on any atom is 0.198 e. The van der Waals surface area contributed by atoms with Crippen LogP contribution in [0, 0.1) is 0 Å². The van der Waals surface area contributed by atoms with Crippen LogP contribution in [-0.2, 0) is 0 Å². The summed E-state index contributed by atoms with van der Waals surface area (Å²) in [6, 6.07) is 1.89. The summed E-state index contributed by atoms with van der Waals surface area (Å²) in [5, 5.41) is 10.7. The Hall–Kier alpha value is -2.17. The monoisotopic (exact) mass is 185 g/mol. The van der Waals surface area contributed by atoms with Gasteiger partial charge >= 0.3 is 0 Å². The number of nitrogens with one attached hydrogen (secondary N) is 1. The molecule has 0 saturated carbocycles. The van der Waals surface area contributed by atoms with E-state index in [0.717, 1.165) is 11.4 Å². The van der Waals surface area contributed by atoms with Gasteiger partial charge in [-0.3, -0.25) is 0 Å². The van der Waals surface area contributed by atoms with Crippen molar-refractivity contribution in [3.8, 4) is 0 Å². The molecule has 0 unspecified atom stereocenters. The van der Waals surface area contributed by atoms with E-state index < -0.39 is 0 Å². The molecule has 2 aliphatic heterocycles. The largest absolute Gasteiger partial charge is 0.365 e. The van der Waals surface area contributed by atoms with Crippen molar-refractivity contribution in [3.05, 3.63) is 36.6 Å². The molecule has 68 valence electrons. The van der Waals surface area contributed by atoms with Gasteiger partial charge in [-0.2, -0.15) is 5.10 Å². The van der Waals surface area contributed by atoms with E-state index in [-0.39, 0.29) is 0 Å². The molecule has 0 fully saturated rings. The first-order valence-electron chi connectivity index (χ1n) is 4.23. The van der Waals surface area contributed by atoms with Crippen LogP contribution in [0.2, 0.25) is 0 Å². The summed E-state index contributed by atoms with van der Waals surface area (Å²) >= 11 is 0. The molecule has 0 radical (unpaired) electrons. The third-order valence-corrected chi connectivity index (χ3v) is 2.09. The van der Waals surface area contributed by atoms with E-state index in [1.54, 1.807) is 12.4 Å². The summed E-state index contributed by atoms with van der Waals surface area (Å²) in [6.45, 7) is 0. The van der Waals surface area contributed by atoms with Crippen LogP contribution >= 0.6 is 0 Å². The first-order chi connectivity index (χ1) is 6.95. The number of hydrogen-bond acceptors (Lipinski definition) is 5. The summed E-state index contributed by atoms with van der Waals surface area (Å²) in [5.74, 6) is 0.649. The highest BCUT2D eigenvalue weighted by atomic mass is 15.2. The van der Waals surface area contributed by atoms with Gasteiger partial charge in [0.2, 0.25) is 0 Å². The van der Waals surface area contributed by atoms with Crippen molar-refractivity contribution in [3.63, 3.8) is 0 Å². The van der Waals surface area contributed by atoms with Crippen LogP contribution in [0.25, 0.3) is 0 Å². The zero-order valence-electron chi connectivity index (χ0n) is 7.25. The Balaban J connectivity index is 2.19. The quantitative estimate of drug-likeness (QED) is 0.652. The van der Waals surface area contributed by atoms with E-state index in [1.165, 1.54) is 0 Å². The molecule has 1 N–H and O–H groups in total. The van der Waals surface area contributed by atoms with Gasteiger partial charge in [0.15, 0.2) is 5.82 Å². The van der Waals surface area contributed by atoms with Gasteiger partial charge in [-0.05, 0) is 6.07 Å². The van der Waals surface area contributed by atoms with Crippen molar-refractivity contribution < 1.29 is 0 Å². The maximum absolute atomic E-state index is 4.19. The van der Waals surface area contributed by atoms with Crippen LogP contribution in [-0.4, -0.2) is 16.4 Å². The zero-order valence-corrected chi connectivity index (χ0v) is 7.25. The number of anilines is 1. The van der Waals surface area contributed by atoms with Crippen molar-refractivity contribution in [2.24, 2.45) is 4.99 Å². The minimum Gasteiger partial charge on any atom is -0.365 e. The summed E-state index contributed by atoms with van der Waals surface area (Å²) in [4.78, 5) is 6.20. The fourth-order valence-corrected chi connectivity index (χ4v) is 1.45. The number of fused-ring (bicyclic) bond motifs is 3. The molecule has 1 aromatic heterocycles. The van der Waals surface area contributed by atoms with Crippen molar-refractivity contribution in [2.75, 3.05) is 4.90 Å². The van der Waals surface area contributed by atoms with Gasteiger partial charge in [0.05, 0.1) is 23.8 Å². The second-order valence-corrected chi connectivity index (χ2v) is 2.92. The highest BCUT2D eigenvalue weighted by molar-refractivity contribution is 5.93.